The quantitative estimate of drug-likeness (QED) is 0.445. The van der Waals surface area contributed by atoms with Gasteiger partial charge in [0, 0.05) is 6.08 Å². The minimum absolute atomic E-state index is 0.113. The first-order chi connectivity index (χ1) is 9.17. The summed E-state index contributed by atoms with van der Waals surface area (Å²) < 4.78 is 10.6. The normalized spacial score (nSPS) is 11.6. The van der Waals surface area contributed by atoms with Crippen molar-refractivity contribution < 1.29 is 19.4 Å². The number of para-hydroxylation sites is 2. The van der Waals surface area contributed by atoms with Crippen LogP contribution in [0.1, 0.15) is 26.2 Å². The highest BCUT2D eigenvalue weighted by molar-refractivity contribution is 5.81. The van der Waals surface area contributed by atoms with Gasteiger partial charge in [-0.2, -0.15) is 0 Å². The van der Waals surface area contributed by atoms with Crippen LogP contribution < -0.4 is 4.74 Å². The van der Waals surface area contributed by atoms with Crippen molar-refractivity contribution in [2.24, 2.45) is 0 Å². The van der Waals surface area contributed by atoms with Gasteiger partial charge in [0.15, 0.2) is 11.5 Å². The Morgan fingerprint density at radius 1 is 1.47 bits per heavy atom. The maximum atomic E-state index is 11.1. The van der Waals surface area contributed by atoms with E-state index >= 15 is 0 Å². The summed E-state index contributed by atoms with van der Waals surface area (Å²) in [5.74, 6) is 0.208. The molecule has 0 saturated heterocycles. The lowest BCUT2D eigenvalue weighted by Gasteiger charge is -2.15. The minimum Gasteiger partial charge on any atom is -0.504 e. The van der Waals surface area contributed by atoms with Crippen LogP contribution in [0, 0.1) is 0 Å². The summed E-state index contributed by atoms with van der Waals surface area (Å²) >= 11 is 0. The Bertz CT molecular complexity index is 414. The van der Waals surface area contributed by atoms with Crippen molar-refractivity contribution in [1.82, 2.24) is 0 Å². The van der Waals surface area contributed by atoms with E-state index in [9.17, 15) is 9.90 Å². The molecule has 1 aromatic carbocycles. The number of ether oxygens (including phenoxy) is 2. The molecule has 0 aromatic heterocycles. The second-order valence-corrected chi connectivity index (χ2v) is 4.13. The molecule has 1 aromatic rings. The Labute approximate surface area is 113 Å². The maximum Gasteiger partial charge on any atom is 0.330 e. The first-order valence-electron chi connectivity index (χ1n) is 6.41. The van der Waals surface area contributed by atoms with Crippen molar-refractivity contribution >= 4 is 5.97 Å². The number of rotatable bonds is 8. The van der Waals surface area contributed by atoms with Gasteiger partial charge < -0.3 is 14.6 Å². The Morgan fingerprint density at radius 3 is 2.84 bits per heavy atom. The van der Waals surface area contributed by atoms with Crippen molar-refractivity contribution in [3.05, 3.63) is 36.9 Å². The van der Waals surface area contributed by atoms with Crippen LogP contribution in [-0.4, -0.2) is 23.8 Å². The molecule has 1 atom stereocenters. The summed E-state index contributed by atoms with van der Waals surface area (Å²) in [7, 11) is 0. The third-order valence-corrected chi connectivity index (χ3v) is 2.70. The number of benzene rings is 1. The van der Waals surface area contributed by atoms with Crippen LogP contribution >= 0.6 is 0 Å². The number of phenols is 1. The van der Waals surface area contributed by atoms with E-state index in [1.807, 2.05) is 6.92 Å². The number of carbonyl (C=O) groups excluding carboxylic acids is 1. The predicted octanol–water partition coefficient (Wildman–Crippen LogP) is 3.06. The summed E-state index contributed by atoms with van der Waals surface area (Å²) in [6.45, 7) is 5.80. The molecule has 1 rings (SSSR count). The molecule has 1 unspecified atom stereocenters. The molecule has 0 bridgehead atoms. The van der Waals surface area contributed by atoms with E-state index < -0.39 is 5.97 Å². The number of phenolic OH excluding ortho intramolecular Hbond substituents is 1. The van der Waals surface area contributed by atoms with Crippen LogP contribution in [0.25, 0.3) is 0 Å². The number of hydrogen-bond donors (Lipinski definition) is 1. The molecule has 0 spiro atoms. The van der Waals surface area contributed by atoms with Gasteiger partial charge in [-0.05, 0) is 31.4 Å². The minimum atomic E-state index is -0.395. The second kappa shape index (κ2) is 8.19. The molecule has 4 heteroatoms. The van der Waals surface area contributed by atoms with Gasteiger partial charge in [-0.15, -0.1) is 0 Å². The van der Waals surface area contributed by atoms with Crippen molar-refractivity contribution in [3.63, 3.8) is 0 Å². The summed E-state index contributed by atoms with van der Waals surface area (Å²) in [5.41, 5.74) is 0. The van der Waals surface area contributed by atoms with Gasteiger partial charge in [0.25, 0.3) is 0 Å². The number of esters is 1. The van der Waals surface area contributed by atoms with E-state index in [4.69, 9.17) is 9.47 Å². The lowest BCUT2D eigenvalue weighted by Crippen LogP contribution is -2.16. The monoisotopic (exact) mass is 264 g/mol. The fourth-order valence-electron chi connectivity index (χ4n) is 1.63. The highest BCUT2D eigenvalue weighted by Gasteiger charge is 2.10. The Balaban J connectivity index is 2.27. The SMILES string of the molecule is C=CC(=O)OC(CC)CCCOc1ccccc1O. The lowest BCUT2D eigenvalue weighted by molar-refractivity contribution is -0.143. The van der Waals surface area contributed by atoms with Gasteiger partial charge in [-0.3, -0.25) is 0 Å². The van der Waals surface area contributed by atoms with Crippen LogP contribution in [-0.2, 0) is 9.53 Å². The van der Waals surface area contributed by atoms with Gasteiger partial charge in [-0.1, -0.05) is 25.6 Å². The zero-order chi connectivity index (χ0) is 14.1. The van der Waals surface area contributed by atoms with E-state index in [0.29, 0.717) is 12.4 Å². The van der Waals surface area contributed by atoms with E-state index in [0.717, 1.165) is 19.3 Å². The molecule has 0 radical (unpaired) electrons. The Kier molecular flexibility index (Phi) is 6.50. The van der Waals surface area contributed by atoms with Crippen LogP contribution in [0.5, 0.6) is 11.5 Å². The summed E-state index contributed by atoms with van der Waals surface area (Å²) in [6.07, 6.45) is 3.29. The van der Waals surface area contributed by atoms with Gasteiger partial charge in [0.1, 0.15) is 6.10 Å². The molecule has 104 valence electrons. The first-order valence-corrected chi connectivity index (χ1v) is 6.41. The fourth-order valence-corrected chi connectivity index (χ4v) is 1.63. The third kappa shape index (κ3) is 5.46. The number of hydrogen-bond acceptors (Lipinski definition) is 4. The Morgan fingerprint density at radius 2 is 2.21 bits per heavy atom. The van der Waals surface area contributed by atoms with Crippen LogP contribution in [0.2, 0.25) is 0 Å². The van der Waals surface area contributed by atoms with E-state index in [1.165, 1.54) is 6.08 Å². The van der Waals surface area contributed by atoms with Gasteiger partial charge in [0.2, 0.25) is 0 Å². The zero-order valence-corrected chi connectivity index (χ0v) is 11.2. The molecular weight excluding hydrogens is 244 g/mol. The summed E-state index contributed by atoms with van der Waals surface area (Å²) in [6, 6.07) is 6.83. The van der Waals surface area contributed by atoms with Crippen LogP contribution in [0.4, 0.5) is 0 Å². The van der Waals surface area contributed by atoms with Gasteiger partial charge >= 0.3 is 5.97 Å². The summed E-state index contributed by atoms with van der Waals surface area (Å²) in [5, 5.41) is 9.51. The van der Waals surface area contributed by atoms with E-state index in [-0.39, 0.29) is 11.9 Å². The molecule has 0 aliphatic rings. The standard InChI is InChI=1S/C15H20O4/c1-3-12(19-15(17)4-2)8-7-11-18-14-10-6-5-9-13(14)16/h4-6,9-10,12,16H,2-3,7-8,11H2,1H3. The lowest BCUT2D eigenvalue weighted by atomic mass is 10.1. The third-order valence-electron chi connectivity index (χ3n) is 2.70. The maximum absolute atomic E-state index is 11.1. The van der Waals surface area contributed by atoms with E-state index in [1.54, 1.807) is 24.3 Å². The molecule has 0 aliphatic heterocycles. The fraction of sp³-hybridized carbons (Fsp3) is 0.400. The van der Waals surface area contributed by atoms with Crippen molar-refractivity contribution in [2.75, 3.05) is 6.61 Å². The first kappa shape index (κ1) is 15.1. The molecule has 19 heavy (non-hydrogen) atoms. The summed E-state index contributed by atoms with van der Waals surface area (Å²) in [4.78, 5) is 11.1. The van der Waals surface area contributed by atoms with Crippen LogP contribution in [0.15, 0.2) is 36.9 Å². The van der Waals surface area contributed by atoms with Crippen LogP contribution in [0.3, 0.4) is 0 Å². The molecule has 0 aliphatic carbocycles. The molecule has 0 amide bonds. The average molecular weight is 264 g/mol. The second-order valence-electron chi connectivity index (χ2n) is 4.13. The topological polar surface area (TPSA) is 55.8 Å². The smallest absolute Gasteiger partial charge is 0.330 e. The Hall–Kier alpha value is -1.97. The van der Waals surface area contributed by atoms with Crippen molar-refractivity contribution in [2.45, 2.75) is 32.3 Å². The molecule has 0 heterocycles. The highest BCUT2D eigenvalue weighted by atomic mass is 16.5. The van der Waals surface area contributed by atoms with Gasteiger partial charge in [0.05, 0.1) is 6.61 Å². The zero-order valence-electron chi connectivity index (χ0n) is 11.2. The van der Waals surface area contributed by atoms with Gasteiger partial charge in [-0.25, -0.2) is 4.79 Å². The molecular formula is C15H20O4. The number of aromatic hydroxyl groups is 1. The molecule has 1 N–H and O–H groups in total. The number of carbonyl (C=O) groups is 1. The largest absolute Gasteiger partial charge is 0.504 e. The highest BCUT2D eigenvalue weighted by Crippen LogP contribution is 2.24. The molecule has 0 saturated carbocycles. The molecule has 0 fully saturated rings. The van der Waals surface area contributed by atoms with E-state index in [2.05, 4.69) is 6.58 Å². The molecule has 4 nitrogen and oxygen atoms in total. The van der Waals surface area contributed by atoms with Crippen molar-refractivity contribution in [3.8, 4) is 11.5 Å². The van der Waals surface area contributed by atoms with Crippen molar-refractivity contribution in [1.29, 1.82) is 0 Å². The predicted molar refractivity (Wildman–Crippen MR) is 73.2 cm³/mol. The average Bonchev–Trinajstić information content (AvgIpc) is 2.43.